The molecule has 1 amide bonds. The third-order valence-corrected chi connectivity index (χ3v) is 4.45. The van der Waals surface area contributed by atoms with Gasteiger partial charge >= 0.3 is 12.1 Å². The van der Waals surface area contributed by atoms with Crippen molar-refractivity contribution >= 4 is 11.9 Å². The third-order valence-electron chi connectivity index (χ3n) is 4.45. The van der Waals surface area contributed by atoms with Gasteiger partial charge in [-0.2, -0.15) is 18.3 Å². The normalized spacial score (nSPS) is 20.3. The topological polar surface area (TPSA) is 75.4 Å². The molecular formula is C17H16F3N3O3. The highest BCUT2D eigenvalue weighted by molar-refractivity contribution is 5.95. The van der Waals surface area contributed by atoms with Crippen LogP contribution < -0.4 is 0 Å². The zero-order chi connectivity index (χ0) is 18.9. The average molecular weight is 367 g/mol. The Balaban J connectivity index is 1.72. The lowest BCUT2D eigenvalue weighted by molar-refractivity contribution is -0.187. The number of nitrogens with zero attached hydrogens (tertiary/aromatic N) is 3. The van der Waals surface area contributed by atoms with E-state index in [1.807, 2.05) is 0 Å². The number of carboxylic acids is 1. The molecule has 6 nitrogen and oxygen atoms in total. The van der Waals surface area contributed by atoms with Gasteiger partial charge in [-0.15, -0.1) is 0 Å². The SMILES string of the molecule is O=C(O)[C@@H]1CN(C(=O)c2ccc(Cn3cccn3)cc2)C[C@H]1C(F)(F)F. The highest BCUT2D eigenvalue weighted by atomic mass is 19.4. The molecule has 1 saturated heterocycles. The number of carbonyl (C=O) groups excluding carboxylic acids is 1. The molecule has 2 aromatic rings. The van der Waals surface area contributed by atoms with Gasteiger partial charge in [-0.3, -0.25) is 14.3 Å². The van der Waals surface area contributed by atoms with Crippen molar-refractivity contribution in [2.75, 3.05) is 13.1 Å². The first kappa shape index (κ1) is 18.0. The van der Waals surface area contributed by atoms with E-state index >= 15 is 0 Å². The summed E-state index contributed by atoms with van der Waals surface area (Å²) in [5.74, 6) is -5.84. The largest absolute Gasteiger partial charge is 0.481 e. The number of hydrogen-bond acceptors (Lipinski definition) is 3. The number of aromatic nitrogens is 2. The second kappa shape index (κ2) is 6.81. The van der Waals surface area contributed by atoms with Gasteiger partial charge in [0.05, 0.1) is 18.4 Å². The molecule has 2 heterocycles. The molecule has 138 valence electrons. The van der Waals surface area contributed by atoms with Gasteiger partial charge in [0.15, 0.2) is 0 Å². The van der Waals surface area contributed by atoms with Crippen LogP contribution >= 0.6 is 0 Å². The van der Waals surface area contributed by atoms with Gasteiger partial charge in [-0.1, -0.05) is 12.1 Å². The Morgan fingerprint density at radius 2 is 1.88 bits per heavy atom. The maximum absolute atomic E-state index is 13.0. The van der Waals surface area contributed by atoms with Gasteiger partial charge in [0.1, 0.15) is 0 Å². The summed E-state index contributed by atoms with van der Waals surface area (Å²) < 4.78 is 40.8. The van der Waals surface area contributed by atoms with E-state index in [9.17, 15) is 22.8 Å². The molecule has 0 unspecified atom stereocenters. The number of hydrogen-bond donors (Lipinski definition) is 1. The quantitative estimate of drug-likeness (QED) is 0.900. The fourth-order valence-corrected chi connectivity index (χ4v) is 3.07. The lowest BCUT2D eigenvalue weighted by Gasteiger charge is -2.18. The van der Waals surface area contributed by atoms with Gasteiger partial charge in [0.2, 0.25) is 0 Å². The highest BCUT2D eigenvalue weighted by Crippen LogP contribution is 2.38. The van der Waals surface area contributed by atoms with Crippen molar-refractivity contribution in [1.29, 1.82) is 0 Å². The van der Waals surface area contributed by atoms with Crippen molar-refractivity contribution in [3.8, 4) is 0 Å². The number of halogens is 3. The predicted octanol–water partition coefficient (Wildman–Crippen LogP) is 2.27. The lowest BCUT2D eigenvalue weighted by Crippen LogP contribution is -2.34. The highest BCUT2D eigenvalue weighted by Gasteiger charge is 2.53. The Labute approximate surface area is 146 Å². The molecule has 0 aliphatic carbocycles. The first-order chi connectivity index (χ1) is 12.3. The van der Waals surface area contributed by atoms with Crippen LogP contribution in [0.5, 0.6) is 0 Å². The summed E-state index contributed by atoms with van der Waals surface area (Å²) in [5, 5.41) is 13.1. The lowest BCUT2D eigenvalue weighted by atomic mass is 9.96. The summed E-state index contributed by atoms with van der Waals surface area (Å²) in [6, 6.07) is 8.22. The molecule has 0 saturated carbocycles. The van der Waals surface area contributed by atoms with Crippen LogP contribution in [0.25, 0.3) is 0 Å². The van der Waals surface area contributed by atoms with Crippen LogP contribution in [0.15, 0.2) is 42.7 Å². The number of rotatable bonds is 4. The van der Waals surface area contributed by atoms with Gasteiger partial charge in [-0.25, -0.2) is 0 Å². The maximum atomic E-state index is 13.0. The van der Waals surface area contributed by atoms with Crippen molar-refractivity contribution in [1.82, 2.24) is 14.7 Å². The summed E-state index contributed by atoms with van der Waals surface area (Å²) in [7, 11) is 0. The standard InChI is InChI=1S/C17H16F3N3O3/c18-17(19,20)14-10-22(9-13(14)16(25)26)15(24)12-4-2-11(3-5-12)8-23-7-1-6-21-23/h1-7,13-14H,8-10H2,(H,25,26)/t13-,14-/m1/s1. The minimum absolute atomic E-state index is 0.223. The molecule has 1 N–H and O–H groups in total. The maximum Gasteiger partial charge on any atom is 0.394 e. The summed E-state index contributed by atoms with van der Waals surface area (Å²) >= 11 is 0. The van der Waals surface area contributed by atoms with Gasteiger partial charge in [0.25, 0.3) is 5.91 Å². The number of alkyl halides is 3. The Hall–Kier alpha value is -2.84. The fourth-order valence-electron chi connectivity index (χ4n) is 3.07. The molecule has 1 aliphatic heterocycles. The smallest absolute Gasteiger partial charge is 0.394 e. The van der Waals surface area contributed by atoms with E-state index in [1.54, 1.807) is 35.3 Å². The van der Waals surface area contributed by atoms with Crippen molar-refractivity contribution < 1.29 is 27.9 Å². The number of carbonyl (C=O) groups is 2. The number of benzene rings is 1. The first-order valence-electron chi connectivity index (χ1n) is 7.91. The second-order valence-electron chi connectivity index (χ2n) is 6.20. The number of amides is 1. The van der Waals surface area contributed by atoms with E-state index in [4.69, 9.17) is 5.11 Å². The molecule has 0 spiro atoms. The van der Waals surface area contributed by atoms with E-state index in [0.717, 1.165) is 10.5 Å². The monoisotopic (exact) mass is 367 g/mol. The van der Waals surface area contributed by atoms with E-state index in [-0.39, 0.29) is 5.56 Å². The number of aliphatic carboxylic acids is 1. The summed E-state index contributed by atoms with van der Waals surface area (Å²) in [6.07, 6.45) is -1.24. The van der Waals surface area contributed by atoms with Gasteiger partial charge in [-0.05, 0) is 23.8 Å². The van der Waals surface area contributed by atoms with Crippen LogP contribution in [-0.4, -0.2) is 50.9 Å². The average Bonchev–Trinajstić information content (AvgIpc) is 3.24. The molecule has 1 aromatic carbocycles. The molecule has 1 fully saturated rings. The van der Waals surface area contributed by atoms with Crippen molar-refractivity contribution in [3.63, 3.8) is 0 Å². The Morgan fingerprint density at radius 3 is 2.38 bits per heavy atom. The fraction of sp³-hybridized carbons (Fsp3) is 0.353. The summed E-state index contributed by atoms with van der Waals surface area (Å²) in [6.45, 7) is -0.593. The Morgan fingerprint density at radius 1 is 1.19 bits per heavy atom. The van der Waals surface area contributed by atoms with Gasteiger partial charge < -0.3 is 10.0 Å². The molecule has 2 atom stereocenters. The van der Waals surface area contributed by atoms with Crippen molar-refractivity contribution in [3.05, 3.63) is 53.9 Å². The van der Waals surface area contributed by atoms with Crippen LogP contribution in [0, 0.1) is 11.8 Å². The van der Waals surface area contributed by atoms with Crippen LogP contribution in [-0.2, 0) is 11.3 Å². The molecule has 0 radical (unpaired) electrons. The van der Waals surface area contributed by atoms with Crippen LogP contribution in [0.3, 0.4) is 0 Å². The number of likely N-dealkylation sites (tertiary alicyclic amines) is 1. The van der Waals surface area contributed by atoms with E-state index in [0.29, 0.717) is 6.54 Å². The molecule has 3 rings (SSSR count). The molecular weight excluding hydrogens is 351 g/mol. The number of carboxylic acid groups (broad SMARTS) is 1. The van der Waals surface area contributed by atoms with Crippen molar-refractivity contribution in [2.45, 2.75) is 12.7 Å². The first-order valence-corrected chi connectivity index (χ1v) is 7.91. The minimum atomic E-state index is -4.66. The zero-order valence-electron chi connectivity index (χ0n) is 13.6. The second-order valence-corrected chi connectivity index (χ2v) is 6.20. The Kier molecular flexibility index (Phi) is 4.71. The van der Waals surface area contributed by atoms with E-state index in [1.165, 1.54) is 12.1 Å². The van der Waals surface area contributed by atoms with Crippen molar-refractivity contribution in [2.24, 2.45) is 11.8 Å². The van der Waals surface area contributed by atoms with E-state index < -0.39 is 43.0 Å². The van der Waals surface area contributed by atoms with Gasteiger partial charge in [0, 0.05) is 31.0 Å². The molecule has 1 aromatic heterocycles. The summed E-state index contributed by atoms with van der Waals surface area (Å²) in [5.41, 5.74) is 1.10. The summed E-state index contributed by atoms with van der Waals surface area (Å²) in [4.78, 5) is 24.5. The molecule has 9 heteroatoms. The van der Waals surface area contributed by atoms with Crippen LogP contribution in [0.1, 0.15) is 15.9 Å². The predicted molar refractivity (Wildman–Crippen MR) is 84.3 cm³/mol. The van der Waals surface area contributed by atoms with E-state index in [2.05, 4.69) is 5.10 Å². The molecule has 26 heavy (non-hydrogen) atoms. The van der Waals surface area contributed by atoms with Crippen LogP contribution in [0.2, 0.25) is 0 Å². The molecule has 0 bridgehead atoms. The zero-order valence-corrected chi connectivity index (χ0v) is 13.6. The Bertz CT molecular complexity index is 788. The van der Waals surface area contributed by atoms with Crippen LogP contribution in [0.4, 0.5) is 13.2 Å². The molecule has 1 aliphatic rings. The third kappa shape index (κ3) is 3.71. The minimum Gasteiger partial charge on any atom is -0.481 e.